The highest BCUT2D eigenvalue weighted by Crippen LogP contribution is 2.21. The van der Waals surface area contributed by atoms with Crippen LogP contribution < -0.4 is 0 Å². The minimum atomic E-state index is -0.791. The first-order valence-corrected chi connectivity index (χ1v) is 8.37. The van der Waals surface area contributed by atoms with E-state index in [-0.39, 0.29) is 6.04 Å². The third kappa shape index (κ3) is 3.64. The van der Waals surface area contributed by atoms with E-state index in [1.807, 2.05) is 6.92 Å². The van der Waals surface area contributed by atoms with Gasteiger partial charge in [-0.3, -0.25) is 4.90 Å². The lowest BCUT2D eigenvalue weighted by Gasteiger charge is -2.36. The smallest absolute Gasteiger partial charge is 0.407 e. The standard InChI is InChI=1S/C19H24N2O2/c1-2-21(19(22)23)18-9-11-20(12-10-18)14-15-7-8-16-5-3-4-6-17(16)13-15/h3-8,13,18H,2,9-12,14H2,1H3,(H,22,23). The monoisotopic (exact) mass is 312 g/mol. The van der Waals surface area contributed by atoms with E-state index in [1.165, 1.54) is 16.3 Å². The second-order valence-electron chi connectivity index (χ2n) is 6.26. The normalized spacial score (nSPS) is 16.6. The molecular weight excluding hydrogens is 288 g/mol. The van der Waals surface area contributed by atoms with Crippen molar-refractivity contribution >= 4 is 16.9 Å². The maximum atomic E-state index is 11.2. The number of carbonyl (C=O) groups is 1. The predicted octanol–water partition coefficient (Wildman–Crippen LogP) is 3.80. The molecule has 122 valence electrons. The van der Waals surface area contributed by atoms with Gasteiger partial charge in [0.25, 0.3) is 0 Å². The molecule has 0 saturated carbocycles. The van der Waals surface area contributed by atoms with Crippen LogP contribution in [0.5, 0.6) is 0 Å². The first kappa shape index (κ1) is 15.8. The summed E-state index contributed by atoms with van der Waals surface area (Å²) in [6, 6.07) is 15.2. The van der Waals surface area contributed by atoms with Gasteiger partial charge in [0, 0.05) is 32.2 Å². The van der Waals surface area contributed by atoms with Crippen LogP contribution in [0.15, 0.2) is 42.5 Å². The van der Waals surface area contributed by atoms with Gasteiger partial charge in [-0.15, -0.1) is 0 Å². The summed E-state index contributed by atoms with van der Waals surface area (Å²) in [6.45, 7) is 5.35. The maximum absolute atomic E-state index is 11.2. The lowest BCUT2D eigenvalue weighted by molar-refractivity contribution is 0.0917. The third-order valence-corrected chi connectivity index (χ3v) is 4.80. The van der Waals surface area contributed by atoms with E-state index >= 15 is 0 Å². The Balaban J connectivity index is 1.60. The molecule has 0 atom stereocenters. The van der Waals surface area contributed by atoms with E-state index < -0.39 is 6.09 Å². The van der Waals surface area contributed by atoms with E-state index in [1.54, 1.807) is 4.90 Å². The number of likely N-dealkylation sites (tertiary alicyclic amines) is 1. The Morgan fingerprint density at radius 1 is 1.17 bits per heavy atom. The Morgan fingerprint density at radius 3 is 2.52 bits per heavy atom. The first-order chi connectivity index (χ1) is 11.2. The Bertz CT molecular complexity index is 678. The van der Waals surface area contributed by atoms with Crippen LogP contribution in [-0.4, -0.2) is 46.7 Å². The van der Waals surface area contributed by atoms with Crippen LogP contribution >= 0.6 is 0 Å². The molecule has 0 unspecified atom stereocenters. The van der Waals surface area contributed by atoms with E-state index in [0.29, 0.717) is 6.54 Å². The van der Waals surface area contributed by atoms with Gasteiger partial charge in [-0.1, -0.05) is 36.4 Å². The fourth-order valence-electron chi connectivity index (χ4n) is 3.53. The Hall–Kier alpha value is -2.07. The highest BCUT2D eigenvalue weighted by molar-refractivity contribution is 5.82. The Morgan fingerprint density at radius 2 is 1.87 bits per heavy atom. The molecule has 0 bridgehead atoms. The third-order valence-electron chi connectivity index (χ3n) is 4.80. The maximum Gasteiger partial charge on any atom is 0.407 e. The zero-order chi connectivity index (χ0) is 16.2. The number of hydrogen-bond donors (Lipinski definition) is 1. The molecule has 2 aromatic rings. The predicted molar refractivity (Wildman–Crippen MR) is 92.7 cm³/mol. The molecule has 1 N–H and O–H groups in total. The summed E-state index contributed by atoms with van der Waals surface area (Å²) in [7, 11) is 0. The molecule has 1 aliphatic rings. The second-order valence-corrected chi connectivity index (χ2v) is 6.26. The molecule has 3 rings (SSSR count). The van der Waals surface area contributed by atoms with Crippen molar-refractivity contribution < 1.29 is 9.90 Å². The largest absolute Gasteiger partial charge is 0.465 e. The molecule has 1 heterocycles. The van der Waals surface area contributed by atoms with Crippen molar-refractivity contribution in [2.45, 2.75) is 32.4 Å². The first-order valence-electron chi connectivity index (χ1n) is 8.37. The minimum absolute atomic E-state index is 0.172. The number of rotatable bonds is 4. The van der Waals surface area contributed by atoms with Crippen molar-refractivity contribution in [1.82, 2.24) is 9.80 Å². The average molecular weight is 312 g/mol. The fourth-order valence-corrected chi connectivity index (χ4v) is 3.53. The number of nitrogens with zero attached hydrogens (tertiary/aromatic N) is 2. The van der Waals surface area contributed by atoms with Gasteiger partial charge in [0.05, 0.1) is 0 Å². The molecule has 4 nitrogen and oxygen atoms in total. The second kappa shape index (κ2) is 7.01. The van der Waals surface area contributed by atoms with Gasteiger partial charge >= 0.3 is 6.09 Å². The molecule has 1 amide bonds. The summed E-state index contributed by atoms with van der Waals surface area (Å²) in [5.74, 6) is 0. The quantitative estimate of drug-likeness (QED) is 0.934. The van der Waals surface area contributed by atoms with Crippen molar-refractivity contribution in [2.75, 3.05) is 19.6 Å². The van der Waals surface area contributed by atoms with E-state index in [0.717, 1.165) is 32.5 Å². The van der Waals surface area contributed by atoms with Gasteiger partial charge in [-0.25, -0.2) is 4.79 Å². The molecule has 4 heteroatoms. The summed E-state index contributed by atoms with van der Waals surface area (Å²) < 4.78 is 0. The molecule has 2 aromatic carbocycles. The van der Waals surface area contributed by atoms with Gasteiger partial charge in [0.15, 0.2) is 0 Å². The van der Waals surface area contributed by atoms with Gasteiger partial charge < -0.3 is 10.0 Å². The summed E-state index contributed by atoms with van der Waals surface area (Å²) >= 11 is 0. The number of amides is 1. The Kier molecular flexibility index (Phi) is 4.82. The number of benzene rings is 2. The van der Waals surface area contributed by atoms with Gasteiger partial charge in [0.2, 0.25) is 0 Å². The zero-order valence-corrected chi connectivity index (χ0v) is 13.6. The van der Waals surface area contributed by atoms with E-state index in [9.17, 15) is 9.90 Å². The molecule has 23 heavy (non-hydrogen) atoms. The summed E-state index contributed by atoms with van der Waals surface area (Å²) in [5.41, 5.74) is 1.33. The molecule has 0 aliphatic carbocycles. The number of carboxylic acid groups (broad SMARTS) is 1. The molecular formula is C19H24N2O2. The molecule has 1 saturated heterocycles. The molecule has 0 spiro atoms. The number of piperidine rings is 1. The fraction of sp³-hybridized carbons (Fsp3) is 0.421. The van der Waals surface area contributed by atoms with Crippen molar-refractivity contribution in [3.8, 4) is 0 Å². The van der Waals surface area contributed by atoms with Crippen LogP contribution in [0.1, 0.15) is 25.3 Å². The van der Waals surface area contributed by atoms with Crippen LogP contribution in [0, 0.1) is 0 Å². The number of fused-ring (bicyclic) bond motifs is 1. The SMILES string of the molecule is CCN(C(=O)O)C1CCN(Cc2ccc3ccccc3c2)CC1. The van der Waals surface area contributed by atoms with Crippen LogP contribution in [0.4, 0.5) is 4.79 Å². The van der Waals surface area contributed by atoms with Crippen LogP contribution in [-0.2, 0) is 6.54 Å². The van der Waals surface area contributed by atoms with Crippen molar-refractivity contribution in [1.29, 1.82) is 0 Å². The van der Waals surface area contributed by atoms with Gasteiger partial charge in [-0.05, 0) is 42.2 Å². The van der Waals surface area contributed by atoms with Crippen molar-refractivity contribution in [2.24, 2.45) is 0 Å². The minimum Gasteiger partial charge on any atom is -0.465 e. The van der Waals surface area contributed by atoms with Crippen LogP contribution in [0.25, 0.3) is 10.8 Å². The summed E-state index contributed by atoms with van der Waals surface area (Å²) in [4.78, 5) is 15.2. The summed E-state index contributed by atoms with van der Waals surface area (Å²) in [6.07, 6.45) is 1.06. The Labute approximate surface area is 137 Å². The zero-order valence-electron chi connectivity index (χ0n) is 13.6. The lowest BCUT2D eigenvalue weighted by atomic mass is 10.0. The topological polar surface area (TPSA) is 43.8 Å². The van der Waals surface area contributed by atoms with Crippen molar-refractivity contribution in [3.63, 3.8) is 0 Å². The van der Waals surface area contributed by atoms with Crippen molar-refractivity contribution in [3.05, 3.63) is 48.0 Å². The highest BCUT2D eigenvalue weighted by atomic mass is 16.4. The van der Waals surface area contributed by atoms with Crippen LogP contribution in [0.3, 0.4) is 0 Å². The average Bonchev–Trinajstić information content (AvgIpc) is 2.57. The summed E-state index contributed by atoms with van der Waals surface area (Å²) in [5, 5.41) is 11.8. The molecule has 1 fully saturated rings. The molecule has 0 aromatic heterocycles. The highest BCUT2D eigenvalue weighted by Gasteiger charge is 2.26. The van der Waals surface area contributed by atoms with Crippen LogP contribution in [0.2, 0.25) is 0 Å². The lowest BCUT2D eigenvalue weighted by Crippen LogP contribution is -2.46. The molecule has 0 radical (unpaired) electrons. The number of hydrogen-bond acceptors (Lipinski definition) is 2. The van der Waals surface area contributed by atoms with E-state index in [4.69, 9.17) is 0 Å². The van der Waals surface area contributed by atoms with Gasteiger partial charge in [-0.2, -0.15) is 0 Å². The molecule has 1 aliphatic heterocycles. The van der Waals surface area contributed by atoms with E-state index in [2.05, 4.69) is 47.4 Å². The van der Waals surface area contributed by atoms with Gasteiger partial charge in [0.1, 0.15) is 0 Å².